The van der Waals surface area contributed by atoms with Gasteiger partial charge in [0.25, 0.3) is 0 Å². The molecule has 0 bridgehead atoms. The molecule has 0 spiro atoms. The van der Waals surface area contributed by atoms with Crippen molar-refractivity contribution in [2.45, 2.75) is 57.5 Å². The average Bonchev–Trinajstić information content (AvgIpc) is 3.16. The summed E-state index contributed by atoms with van der Waals surface area (Å²) in [5.41, 5.74) is 1.67. The van der Waals surface area contributed by atoms with Crippen LogP contribution >= 0.6 is 0 Å². The fourth-order valence-electron chi connectivity index (χ4n) is 3.74. The summed E-state index contributed by atoms with van der Waals surface area (Å²) >= 11 is 0. The quantitative estimate of drug-likeness (QED) is 0.440. The van der Waals surface area contributed by atoms with Gasteiger partial charge in [-0.3, -0.25) is 9.36 Å². The van der Waals surface area contributed by atoms with Crippen molar-refractivity contribution in [2.24, 2.45) is 5.92 Å². The predicted octanol–water partition coefficient (Wildman–Crippen LogP) is 4.35. The summed E-state index contributed by atoms with van der Waals surface area (Å²) in [5.74, 6) is -0.858. The highest BCUT2D eigenvalue weighted by Crippen LogP contribution is 2.27. The van der Waals surface area contributed by atoms with Crippen molar-refractivity contribution >= 4 is 27.0 Å². The zero-order chi connectivity index (χ0) is 25.0. The van der Waals surface area contributed by atoms with E-state index in [4.69, 9.17) is 0 Å². The number of nitrogens with zero attached hydrogens (tertiary/aromatic N) is 2. The number of imidazole rings is 1. The highest BCUT2D eigenvalue weighted by Gasteiger charge is 2.28. The molecule has 0 radical (unpaired) electrons. The monoisotopic (exact) mass is 492 g/mol. The van der Waals surface area contributed by atoms with Crippen molar-refractivity contribution in [3.63, 3.8) is 0 Å². The summed E-state index contributed by atoms with van der Waals surface area (Å²) in [6.07, 6.45) is 0.279. The third-order valence-electron chi connectivity index (χ3n) is 5.49. The Balaban J connectivity index is 1.76. The van der Waals surface area contributed by atoms with Gasteiger partial charge in [0.05, 0.1) is 15.9 Å². The van der Waals surface area contributed by atoms with E-state index in [9.17, 15) is 22.0 Å². The molecule has 0 saturated heterocycles. The van der Waals surface area contributed by atoms with Crippen molar-refractivity contribution in [3.8, 4) is 0 Å². The average molecular weight is 493 g/mol. The van der Waals surface area contributed by atoms with Crippen LogP contribution in [0.15, 0.2) is 53.4 Å². The highest BCUT2D eigenvalue weighted by atomic mass is 32.2. The lowest BCUT2D eigenvalue weighted by Crippen LogP contribution is -2.48. The molecule has 34 heavy (non-hydrogen) atoms. The molecule has 3 aromatic rings. The smallest absolute Gasteiger partial charge is 0.320 e. The Morgan fingerprint density at radius 3 is 2.32 bits per heavy atom. The second kappa shape index (κ2) is 10.6. The maximum Gasteiger partial charge on any atom is 0.320 e. The summed E-state index contributed by atoms with van der Waals surface area (Å²) in [4.78, 5) is 17.4. The Bertz CT molecular complexity index is 1240. The van der Waals surface area contributed by atoms with E-state index in [1.165, 1.54) is 12.1 Å². The van der Waals surface area contributed by atoms with Crippen molar-refractivity contribution < 1.29 is 22.0 Å². The van der Waals surface area contributed by atoms with Crippen LogP contribution in [-0.2, 0) is 14.8 Å². The molecule has 3 rings (SSSR count). The molecule has 1 heterocycles. The number of rotatable bonds is 10. The van der Waals surface area contributed by atoms with Crippen LogP contribution in [0.25, 0.3) is 11.0 Å². The van der Waals surface area contributed by atoms with Gasteiger partial charge in [-0.2, -0.15) is 13.5 Å². The number of carbonyl (C=O) groups excluding carboxylic acids is 1. The molecule has 2 aromatic carbocycles. The van der Waals surface area contributed by atoms with E-state index >= 15 is 0 Å². The molecule has 184 valence electrons. The molecule has 2 N–H and O–H groups in total. The summed E-state index contributed by atoms with van der Waals surface area (Å²) in [7, 11) is -3.92. The lowest BCUT2D eigenvalue weighted by atomic mass is 10.0. The minimum Gasteiger partial charge on any atom is -0.354 e. The van der Waals surface area contributed by atoms with Crippen LogP contribution in [0.4, 0.5) is 8.78 Å². The Hall–Kier alpha value is -2.85. The van der Waals surface area contributed by atoms with E-state index in [0.29, 0.717) is 11.0 Å². The first-order chi connectivity index (χ1) is 16.0. The molecular weight excluding hydrogens is 462 g/mol. The number of fused-ring (bicyclic) bond motifs is 1. The van der Waals surface area contributed by atoms with E-state index in [-0.39, 0.29) is 29.6 Å². The van der Waals surface area contributed by atoms with Crippen LogP contribution in [0.2, 0.25) is 0 Å². The minimum atomic E-state index is -3.92. The number of nitrogens with one attached hydrogen (secondary N) is 2. The van der Waals surface area contributed by atoms with Crippen molar-refractivity contribution in [1.82, 2.24) is 19.6 Å². The lowest BCUT2D eigenvalue weighted by molar-refractivity contribution is -0.123. The van der Waals surface area contributed by atoms with Gasteiger partial charge in [-0.05, 0) is 43.5 Å². The summed E-state index contributed by atoms with van der Waals surface area (Å²) in [6, 6.07) is 11.9. The van der Waals surface area contributed by atoms with Gasteiger partial charge in [0.1, 0.15) is 11.9 Å². The van der Waals surface area contributed by atoms with Crippen LogP contribution in [0, 0.1) is 12.8 Å². The second-order valence-electron chi connectivity index (χ2n) is 8.87. The SMILES string of the molecule is Cc1ccc(S(=O)(=O)NC(CC(C)C)C(=O)NCC(C)c2nc3ccccc3n2C(F)F)cc1. The van der Waals surface area contributed by atoms with Crippen LogP contribution in [0.5, 0.6) is 0 Å². The first-order valence-corrected chi connectivity index (χ1v) is 12.6. The molecule has 0 fully saturated rings. The van der Waals surface area contributed by atoms with Gasteiger partial charge in [0.15, 0.2) is 0 Å². The van der Waals surface area contributed by atoms with E-state index in [2.05, 4.69) is 15.0 Å². The number of carbonyl (C=O) groups is 1. The van der Waals surface area contributed by atoms with Gasteiger partial charge in [-0.1, -0.05) is 50.6 Å². The number of sulfonamides is 1. The first kappa shape index (κ1) is 25.8. The van der Waals surface area contributed by atoms with Gasteiger partial charge in [0, 0.05) is 12.5 Å². The number of hydrogen-bond donors (Lipinski definition) is 2. The number of para-hydroxylation sites is 2. The number of aryl methyl sites for hydroxylation is 1. The highest BCUT2D eigenvalue weighted by molar-refractivity contribution is 7.89. The molecule has 1 amide bonds. The van der Waals surface area contributed by atoms with Gasteiger partial charge in [-0.25, -0.2) is 13.4 Å². The maximum absolute atomic E-state index is 13.8. The second-order valence-corrected chi connectivity index (χ2v) is 10.6. The summed E-state index contributed by atoms with van der Waals surface area (Å²) in [6.45, 7) is 4.55. The molecule has 0 saturated carbocycles. The molecule has 1 aromatic heterocycles. The number of benzene rings is 2. The van der Waals surface area contributed by atoms with E-state index in [0.717, 1.165) is 10.1 Å². The fourth-order valence-corrected chi connectivity index (χ4v) is 4.95. The largest absolute Gasteiger partial charge is 0.354 e. The molecule has 0 aliphatic rings. The Morgan fingerprint density at radius 2 is 1.71 bits per heavy atom. The van der Waals surface area contributed by atoms with Crippen molar-refractivity contribution in [1.29, 1.82) is 0 Å². The van der Waals surface area contributed by atoms with Crippen LogP contribution in [0.1, 0.15) is 51.0 Å². The van der Waals surface area contributed by atoms with E-state index in [1.807, 2.05) is 20.8 Å². The van der Waals surface area contributed by atoms with Crippen LogP contribution in [0.3, 0.4) is 0 Å². The molecule has 7 nitrogen and oxygen atoms in total. The Morgan fingerprint density at radius 1 is 1.06 bits per heavy atom. The zero-order valence-electron chi connectivity index (χ0n) is 19.6. The molecule has 2 atom stereocenters. The van der Waals surface area contributed by atoms with Gasteiger partial charge < -0.3 is 5.32 Å². The number of aromatic nitrogens is 2. The van der Waals surface area contributed by atoms with Gasteiger partial charge in [0.2, 0.25) is 15.9 Å². The first-order valence-electron chi connectivity index (χ1n) is 11.1. The zero-order valence-corrected chi connectivity index (χ0v) is 20.4. The summed E-state index contributed by atoms with van der Waals surface area (Å²) in [5, 5.41) is 2.72. The van der Waals surface area contributed by atoms with E-state index in [1.54, 1.807) is 43.3 Å². The van der Waals surface area contributed by atoms with Crippen LogP contribution in [-0.4, -0.2) is 36.5 Å². The van der Waals surface area contributed by atoms with Gasteiger partial charge in [-0.15, -0.1) is 0 Å². The number of amides is 1. The third kappa shape index (κ3) is 5.98. The summed E-state index contributed by atoms with van der Waals surface area (Å²) < 4.78 is 56.5. The number of halogens is 2. The normalized spacial score (nSPS) is 14.0. The van der Waals surface area contributed by atoms with Crippen LogP contribution < -0.4 is 10.0 Å². The third-order valence-corrected chi connectivity index (χ3v) is 6.98. The molecule has 2 unspecified atom stereocenters. The van der Waals surface area contributed by atoms with E-state index < -0.39 is 34.4 Å². The number of hydrogen-bond acceptors (Lipinski definition) is 4. The van der Waals surface area contributed by atoms with Crippen molar-refractivity contribution in [2.75, 3.05) is 6.54 Å². The minimum absolute atomic E-state index is 0.0235. The molecule has 10 heteroatoms. The maximum atomic E-state index is 13.8. The Labute approximate surface area is 198 Å². The lowest BCUT2D eigenvalue weighted by Gasteiger charge is -2.21. The standard InChI is InChI=1S/C24H30F2N4O3S/c1-15(2)13-20(29-34(32,33)18-11-9-16(3)10-12-18)23(31)27-14-17(4)22-28-19-7-5-6-8-21(19)30(22)24(25)26/h5-12,15,17,20,24,29H,13-14H2,1-4H3,(H,27,31). The Kier molecular flexibility index (Phi) is 8.04. The van der Waals surface area contributed by atoms with Gasteiger partial charge >= 0.3 is 6.55 Å². The molecular formula is C24H30F2N4O3S. The fraction of sp³-hybridized carbons (Fsp3) is 0.417. The topological polar surface area (TPSA) is 93.1 Å². The molecule has 0 aliphatic carbocycles. The predicted molar refractivity (Wildman–Crippen MR) is 127 cm³/mol. The van der Waals surface area contributed by atoms with Crippen molar-refractivity contribution in [3.05, 3.63) is 59.9 Å². The number of alkyl halides is 2. The molecule has 0 aliphatic heterocycles.